The maximum Gasteiger partial charge on any atom is 0.259 e. The van der Waals surface area contributed by atoms with E-state index in [1.807, 2.05) is 0 Å². The van der Waals surface area contributed by atoms with E-state index in [0.717, 1.165) is 0 Å². The fourth-order valence-electron chi connectivity index (χ4n) is 6.24. The van der Waals surface area contributed by atoms with Crippen molar-refractivity contribution in [3.05, 3.63) is 41.5 Å². The van der Waals surface area contributed by atoms with Gasteiger partial charge in [0, 0.05) is 33.1 Å². The standard InChI is InChI=1S/C28H25N3O10/c1-39-14-6-11-13(7-15(14)40-2)31(28-25(36)24(35)23(34)16(8-32)41-28)22-18(11)20-19(26(37)30-27(20)38)17-10-5-9(33)3-4-12(10)29-21(17)22/h3-7,16,23-25,28-29,32-36H,8H2,1-2H3,(H,30,37,38)/t16-,23+,24-,25-,28?/m1/s1. The molecule has 4 heterocycles. The molecular formula is C28H25N3O10. The number of nitrogens with one attached hydrogen (secondary N) is 2. The van der Waals surface area contributed by atoms with Crippen LogP contribution in [0.5, 0.6) is 17.2 Å². The molecule has 2 aliphatic heterocycles. The third-order valence-electron chi connectivity index (χ3n) is 8.08. The highest BCUT2D eigenvalue weighted by molar-refractivity contribution is 6.39. The number of nitrogens with zero attached hydrogens (tertiary/aromatic N) is 1. The lowest BCUT2D eigenvalue weighted by Crippen LogP contribution is -2.56. The first-order chi connectivity index (χ1) is 19.7. The van der Waals surface area contributed by atoms with E-state index < -0.39 is 49.1 Å². The van der Waals surface area contributed by atoms with Crippen LogP contribution in [0.3, 0.4) is 0 Å². The summed E-state index contributed by atoms with van der Waals surface area (Å²) in [7, 11) is 2.89. The predicted molar refractivity (Wildman–Crippen MR) is 144 cm³/mol. The van der Waals surface area contributed by atoms with Crippen LogP contribution in [-0.4, -0.2) is 92.1 Å². The highest BCUT2D eigenvalue weighted by Gasteiger charge is 2.46. The third kappa shape index (κ3) is 3.29. The molecule has 5 aromatic rings. The number of carbonyl (C=O) groups is 2. The Kier molecular flexibility index (Phi) is 5.48. The second-order valence-electron chi connectivity index (χ2n) is 10.2. The molecule has 7 N–H and O–H groups in total. The van der Waals surface area contributed by atoms with E-state index >= 15 is 0 Å². The summed E-state index contributed by atoms with van der Waals surface area (Å²) in [6, 6.07) is 7.82. The number of aromatic hydroxyl groups is 1. The van der Waals surface area contributed by atoms with Crippen LogP contribution in [0, 0.1) is 0 Å². The van der Waals surface area contributed by atoms with E-state index in [0.29, 0.717) is 55.1 Å². The topological polar surface area (TPSA) is 196 Å². The van der Waals surface area contributed by atoms with Crippen molar-refractivity contribution in [2.75, 3.05) is 20.8 Å². The van der Waals surface area contributed by atoms with Crippen molar-refractivity contribution < 1.29 is 49.3 Å². The Labute approximate surface area is 230 Å². The van der Waals surface area contributed by atoms with Gasteiger partial charge in [-0.2, -0.15) is 0 Å². The van der Waals surface area contributed by atoms with Crippen LogP contribution in [0.15, 0.2) is 30.3 Å². The molecule has 0 radical (unpaired) electrons. The molecule has 1 saturated heterocycles. The van der Waals surface area contributed by atoms with E-state index in [1.54, 1.807) is 22.8 Å². The predicted octanol–water partition coefficient (Wildman–Crippen LogP) is 1.01. The summed E-state index contributed by atoms with van der Waals surface area (Å²) in [4.78, 5) is 29.9. The molecule has 13 heteroatoms. The summed E-state index contributed by atoms with van der Waals surface area (Å²) >= 11 is 0. The minimum absolute atomic E-state index is 0.0547. The number of methoxy groups -OCH3 is 2. The number of H-pyrrole nitrogens is 1. The Bertz CT molecular complexity index is 1940. The van der Waals surface area contributed by atoms with Gasteiger partial charge in [0.05, 0.1) is 48.5 Å². The first-order valence-electron chi connectivity index (χ1n) is 12.8. The smallest absolute Gasteiger partial charge is 0.259 e. The number of aliphatic hydroxyl groups excluding tert-OH is 4. The zero-order valence-electron chi connectivity index (χ0n) is 21.7. The van der Waals surface area contributed by atoms with Gasteiger partial charge in [0.2, 0.25) is 0 Å². The molecule has 1 fully saturated rings. The number of aromatic nitrogens is 2. The second-order valence-corrected chi connectivity index (χ2v) is 10.2. The molecule has 13 nitrogen and oxygen atoms in total. The zero-order chi connectivity index (χ0) is 28.9. The van der Waals surface area contributed by atoms with Gasteiger partial charge in [-0.05, 0) is 24.3 Å². The van der Waals surface area contributed by atoms with E-state index in [2.05, 4.69) is 10.3 Å². The molecule has 3 aromatic carbocycles. The monoisotopic (exact) mass is 563 g/mol. The quantitative estimate of drug-likeness (QED) is 0.155. The Morgan fingerprint density at radius 1 is 0.902 bits per heavy atom. The van der Waals surface area contributed by atoms with Crippen molar-refractivity contribution in [1.82, 2.24) is 14.9 Å². The summed E-state index contributed by atoms with van der Waals surface area (Å²) in [5, 5.41) is 56.5. The molecule has 212 valence electrons. The Balaban J connectivity index is 1.73. The highest BCUT2D eigenvalue weighted by Crippen LogP contribution is 2.48. The number of fused-ring (bicyclic) bond motifs is 10. The van der Waals surface area contributed by atoms with E-state index in [-0.39, 0.29) is 16.9 Å². The molecular weight excluding hydrogens is 538 g/mol. The minimum atomic E-state index is -1.69. The fraction of sp³-hybridized carbons (Fsp3) is 0.286. The maximum absolute atomic E-state index is 13.4. The molecule has 5 atom stereocenters. The van der Waals surface area contributed by atoms with Crippen LogP contribution in [0.1, 0.15) is 26.9 Å². The van der Waals surface area contributed by atoms with Crippen LogP contribution >= 0.6 is 0 Å². The van der Waals surface area contributed by atoms with E-state index in [9.17, 15) is 35.1 Å². The average molecular weight is 564 g/mol. The molecule has 0 spiro atoms. The summed E-state index contributed by atoms with van der Waals surface area (Å²) in [6.45, 7) is -0.650. The van der Waals surface area contributed by atoms with E-state index in [4.69, 9.17) is 14.2 Å². The van der Waals surface area contributed by atoms with Gasteiger partial charge in [-0.3, -0.25) is 14.9 Å². The number of benzene rings is 3. The number of carbonyl (C=O) groups excluding carboxylic acids is 2. The number of hydrogen-bond donors (Lipinski definition) is 7. The van der Waals surface area contributed by atoms with Crippen molar-refractivity contribution in [2.24, 2.45) is 0 Å². The van der Waals surface area contributed by atoms with Gasteiger partial charge in [-0.25, -0.2) is 0 Å². The third-order valence-corrected chi connectivity index (χ3v) is 8.08. The first-order valence-corrected chi connectivity index (χ1v) is 12.8. The van der Waals surface area contributed by atoms with Crippen molar-refractivity contribution in [1.29, 1.82) is 0 Å². The van der Waals surface area contributed by atoms with Crippen LogP contribution in [0.25, 0.3) is 43.6 Å². The van der Waals surface area contributed by atoms with Crippen molar-refractivity contribution in [3.8, 4) is 17.2 Å². The number of imide groups is 1. The number of phenolic OH excluding ortho intramolecular Hbond substituents is 1. The zero-order valence-corrected chi connectivity index (χ0v) is 21.7. The summed E-state index contributed by atoms with van der Waals surface area (Å²) in [5.41, 5.74) is 1.83. The largest absolute Gasteiger partial charge is 0.508 e. The Hall–Kier alpha value is -4.40. The summed E-state index contributed by atoms with van der Waals surface area (Å²) < 4.78 is 18.6. The number of rotatable bonds is 4. The van der Waals surface area contributed by atoms with Gasteiger partial charge in [0.15, 0.2) is 17.7 Å². The second kappa shape index (κ2) is 8.80. The lowest BCUT2D eigenvalue weighted by Gasteiger charge is -2.41. The van der Waals surface area contributed by atoms with Crippen molar-refractivity contribution in [2.45, 2.75) is 30.6 Å². The van der Waals surface area contributed by atoms with Crippen LogP contribution < -0.4 is 14.8 Å². The van der Waals surface area contributed by atoms with Gasteiger partial charge in [-0.1, -0.05) is 0 Å². The molecule has 0 saturated carbocycles. The molecule has 41 heavy (non-hydrogen) atoms. The number of phenols is 1. The van der Waals surface area contributed by atoms with Gasteiger partial charge in [0.25, 0.3) is 11.8 Å². The molecule has 7 rings (SSSR count). The van der Waals surface area contributed by atoms with Crippen molar-refractivity contribution >= 4 is 55.4 Å². The highest BCUT2D eigenvalue weighted by atomic mass is 16.6. The van der Waals surface area contributed by atoms with Crippen LogP contribution in [-0.2, 0) is 4.74 Å². The molecule has 0 aliphatic carbocycles. The van der Waals surface area contributed by atoms with E-state index in [1.165, 1.54) is 26.4 Å². The first kappa shape index (κ1) is 25.6. The fourth-order valence-corrected chi connectivity index (χ4v) is 6.24. The van der Waals surface area contributed by atoms with Gasteiger partial charge >= 0.3 is 0 Å². The van der Waals surface area contributed by atoms with Gasteiger partial charge in [-0.15, -0.1) is 0 Å². The van der Waals surface area contributed by atoms with Gasteiger partial charge in [0.1, 0.15) is 30.2 Å². The number of hydrogen-bond acceptors (Lipinski definition) is 10. The molecule has 2 amide bonds. The molecule has 2 aromatic heterocycles. The number of aliphatic hydroxyl groups is 4. The minimum Gasteiger partial charge on any atom is -0.508 e. The van der Waals surface area contributed by atoms with Crippen LogP contribution in [0.4, 0.5) is 0 Å². The number of amides is 2. The Morgan fingerprint density at radius 3 is 2.27 bits per heavy atom. The normalized spacial score (nSPS) is 24.5. The number of ether oxygens (including phenoxy) is 3. The van der Waals surface area contributed by atoms with Crippen LogP contribution in [0.2, 0.25) is 0 Å². The summed E-state index contributed by atoms with van der Waals surface area (Å²) in [5.74, 6) is -0.679. The lowest BCUT2D eigenvalue weighted by atomic mass is 9.96. The lowest BCUT2D eigenvalue weighted by molar-refractivity contribution is -0.249. The molecule has 1 unspecified atom stereocenters. The maximum atomic E-state index is 13.4. The average Bonchev–Trinajstić information content (AvgIpc) is 3.59. The summed E-state index contributed by atoms with van der Waals surface area (Å²) in [6.07, 6.45) is -7.55. The Morgan fingerprint density at radius 2 is 1.59 bits per heavy atom. The number of aromatic amines is 1. The van der Waals surface area contributed by atoms with Gasteiger partial charge < -0.3 is 49.3 Å². The SMILES string of the molecule is COc1cc2c3c4c(c5c6cc(O)ccc6[nH]c5c3n(C3O[C@H](CO)[C@H](O)[C@@H](O)[C@H]3O)c2cc1OC)C(=O)NC4=O. The molecule has 0 bridgehead atoms. The molecule has 2 aliphatic rings. The van der Waals surface area contributed by atoms with Crippen molar-refractivity contribution in [3.63, 3.8) is 0 Å².